The van der Waals surface area contributed by atoms with Gasteiger partial charge in [0.05, 0.1) is 6.61 Å². The topological polar surface area (TPSA) is 35.5 Å². The van der Waals surface area contributed by atoms with Gasteiger partial charge in [-0.05, 0) is 32.9 Å². The summed E-state index contributed by atoms with van der Waals surface area (Å²) < 4.78 is 10.6. The molecule has 3 nitrogen and oxygen atoms in total. The van der Waals surface area contributed by atoms with Gasteiger partial charge in [0.2, 0.25) is 0 Å². The van der Waals surface area contributed by atoms with Crippen LogP contribution < -0.4 is 4.74 Å². The van der Waals surface area contributed by atoms with E-state index in [1.54, 1.807) is 19.1 Å². The van der Waals surface area contributed by atoms with Gasteiger partial charge in [0.15, 0.2) is 5.78 Å². The molecule has 3 heteroatoms. The zero-order valence-electron chi connectivity index (χ0n) is 10.0. The predicted octanol–water partition coefficient (Wildman–Crippen LogP) is 2.69. The van der Waals surface area contributed by atoms with Gasteiger partial charge in [-0.3, -0.25) is 4.79 Å². The van der Waals surface area contributed by atoms with Gasteiger partial charge in [-0.1, -0.05) is 12.1 Å². The first-order chi connectivity index (χ1) is 7.69. The Bertz CT molecular complexity index is 347. The first-order valence-corrected chi connectivity index (χ1v) is 5.57. The number of ketones is 1. The first-order valence-electron chi connectivity index (χ1n) is 5.57. The van der Waals surface area contributed by atoms with Crippen molar-refractivity contribution in [1.82, 2.24) is 0 Å². The maximum absolute atomic E-state index is 11.9. The van der Waals surface area contributed by atoms with Crippen LogP contribution in [0.15, 0.2) is 24.3 Å². The fourth-order valence-corrected chi connectivity index (χ4v) is 1.47. The number of hydrogen-bond acceptors (Lipinski definition) is 3. The molecular weight excluding hydrogens is 204 g/mol. The number of carbonyl (C=O) groups excluding carboxylic acids is 1. The van der Waals surface area contributed by atoms with E-state index in [2.05, 4.69) is 0 Å². The number of ether oxygens (including phenoxy) is 2. The fraction of sp³-hybridized carbons (Fsp3) is 0.462. The Balaban J connectivity index is 2.78. The largest absolute Gasteiger partial charge is 0.494 e. The zero-order valence-corrected chi connectivity index (χ0v) is 10.0. The van der Waals surface area contributed by atoms with E-state index in [1.165, 1.54) is 0 Å². The minimum atomic E-state index is -0.401. The molecule has 0 saturated carbocycles. The summed E-state index contributed by atoms with van der Waals surface area (Å²) in [6.45, 7) is 6.69. The fourth-order valence-electron chi connectivity index (χ4n) is 1.47. The van der Waals surface area contributed by atoms with Crippen molar-refractivity contribution in [1.29, 1.82) is 0 Å². The number of Topliss-reactive ketones (excluding diaryl/α,β-unsaturated/α-hetero) is 1. The van der Waals surface area contributed by atoms with Crippen molar-refractivity contribution in [2.75, 3.05) is 13.2 Å². The highest BCUT2D eigenvalue weighted by atomic mass is 16.5. The highest BCUT2D eigenvalue weighted by Crippen LogP contribution is 2.15. The minimum Gasteiger partial charge on any atom is -0.494 e. The molecule has 1 unspecified atom stereocenters. The Morgan fingerprint density at radius 2 is 2.06 bits per heavy atom. The molecule has 0 N–H and O–H groups in total. The first kappa shape index (κ1) is 12.7. The van der Waals surface area contributed by atoms with Gasteiger partial charge < -0.3 is 9.47 Å². The standard InChI is InChI=1S/C13H18O3/c1-4-15-10(3)13(14)11-7-6-8-12(9-11)16-5-2/h6-10H,4-5H2,1-3H3. The summed E-state index contributed by atoms with van der Waals surface area (Å²) in [5.41, 5.74) is 0.631. The van der Waals surface area contributed by atoms with E-state index >= 15 is 0 Å². The van der Waals surface area contributed by atoms with Crippen LogP contribution >= 0.6 is 0 Å². The van der Waals surface area contributed by atoms with Crippen LogP contribution in [0, 0.1) is 0 Å². The van der Waals surface area contributed by atoms with Crippen LogP contribution in [-0.2, 0) is 4.74 Å². The van der Waals surface area contributed by atoms with Crippen LogP contribution in [0.3, 0.4) is 0 Å². The van der Waals surface area contributed by atoms with Crippen LogP contribution in [-0.4, -0.2) is 25.1 Å². The lowest BCUT2D eigenvalue weighted by Crippen LogP contribution is -2.20. The molecule has 0 aliphatic heterocycles. The van der Waals surface area contributed by atoms with Crippen molar-refractivity contribution in [2.24, 2.45) is 0 Å². The van der Waals surface area contributed by atoms with Gasteiger partial charge in [0.25, 0.3) is 0 Å². The second-order valence-corrected chi connectivity index (χ2v) is 3.42. The summed E-state index contributed by atoms with van der Waals surface area (Å²) in [4.78, 5) is 11.9. The second-order valence-electron chi connectivity index (χ2n) is 3.42. The summed E-state index contributed by atoms with van der Waals surface area (Å²) in [6, 6.07) is 7.18. The van der Waals surface area contributed by atoms with E-state index in [-0.39, 0.29) is 5.78 Å². The Morgan fingerprint density at radius 3 is 2.69 bits per heavy atom. The van der Waals surface area contributed by atoms with Crippen molar-refractivity contribution < 1.29 is 14.3 Å². The molecule has 0 radical (unpaired) electrons. The summed E-state index contributed by atoms with van der Waals surface area (Å²) in [5.74, 6) is 0.709. The SMILES string of the molecule is CCOc1cccc(C(=O)C(C)OCC)c1. The van der Waals surface area contributed by atoms with Gasteiger partial charge in [0, 0.05) is 12.2 Å². The van der Waals surface area contributed by atoms with E-state index in [0.29, 0.717) is 18.8 Å². The summed E-state index contributed by atoms with van der Waals surface area (Å²) in [5, 5.41) is 0. The zero-order chi connectivity index (χ0) is 12.0. The normalized spacial score (nSPS) is 12.2. The number of hydrogen-bond donors (Lipinski definition) is 0. The molecule has 1 rings (SSSR count). The van der Waals surface area contributed by atoms with Crippen molar-refractivity contribution in [3.05, 3.63) is 29.8 Å². The highest BCUT2D eigenvalue weighted by molar-refractivity contribution is 5.99. The minimum absolute atomic E-state index is 0.0107. The Kier molecular flexibility index (Phi) is 4.99. The average molecular weight is 222 g/mol. The maximum atomic E-state index is 11.9. The molecule has 1 aromatic carbocycles. The van der Waals surface area contributed by atoms with E-state index in [1.807, 2.05) is 26.0 Å². The van der Waals surface area contributed by atoms with Crippen LogP contribution in [0.25, 0.3) is 0 Å². The predicted molar refractivity (Wildman–Crippen MR) is 63.0 cm³/mol. The molecule has 88 valence electrons. The molecule has 0 aromatic heterocycles. The molecular formula is C13H18O3. The Labute approximate surface area is 96.4 Å². The molecule has 1 atom stereocenters. The number of rotatable bonds is 6. The third kappa shape index (κ3) is 3.35. The van der Waals surface area contributed by atoms with E-state index < -0.39 is 6.10 Å². The molecule has 0 bridgehead atoms. The van der Waals surface area contributed by atoms with Crippen molar-refractivity contribution in [2.45, 2.75) is 26.9 Å². The van der Waals surface area contributed by atoms with E-state index in [4.69, 9.17) is 9.47 Å². The van der Waals surface area contributed by atoms with Gasteiger partial charge in [0.1, 0.15) is 11.9 Å². The van der Waals surface area contributed by atoms with Gasteiger partial charge >= 0.3 is 0 Å². The van der Waals surface area contributed by atoms with Gasteiger partial charge in [-0.15, -0.1) is 0 Å². The lowest BCUT2D eigenvalue weighted by molar-refractivity contribution is 0.0520. The molecule has 0 fully saturated rings. The van der Waals surface area contributed by atoms with E-state index in [9.17, 15) is 4.79 Å². The summed E-state index contributed by atoms with van der Waals surface area (Å²) in [6.07, 6.45) is -0.401. The molecule has 1 aromatic rings. The maximum Gasteiger partial charge on any atom is 0.191 e. The van der Waals surface area contributed by atoms with Crippen molar-refractivity contribution in [3.8, 4) is 5.75 Å². The lowest BCUT2D eigenvalue weighted by Gasteiger charge is -2.11. The van der Waals surface area contributed by atoms with Gasteiger partial charge in [-0.25, -0.2) is 0 Å². The van der Waals surface area contributed by atoms with Crippen molar-refractivity contribution in [3.63, 3.8) is 0 Å². The van der Waals surface area contributed by atoms with Crippen LogP contribution in [0.5, 0.6) is 5.75 Å². The van der Waals surface area contributed by atoms with Crippen molar-refractivity contribution >= 4 is 5.78 Å². The average Bonchev–Trinajstić information content (AvgIpc) is 2.29. The smallest absolute Gasteiger partial charge is 0.191 e. The summed E-state index contributed by atoms with van der Waals surface area (Å²) >= 11 is 0. The van der Waals surface area contributed by atoms with Gasteiger partial charge in [-0.2, -0.15) is 0 Å². The molecule has 0 amide bonds. The number of benzene rings is 1. The number of carbonyl (C=O) groups is 1. The van der Waals surface area contributed by atoms with Crippen LogP contribution in [0.1, 0.15) is 31.1 Å². The quantitative estimate of drug-likeness (QED) is 0.694. The monoisotopic (exact) mass is 222 g/mol. The molecule has 0 heterocycles. The Hall–Kier alpha value is -1.35. The van der Waals surface area contributed by atoms with Crippen LogP contribution in [0.4, 0.5) is 0 Å². The molecule has 0 aliphatic rings. The highest BCUT2D eigenvalue weighted by Gasteiger charge is 2.15. The van der Waals surface area contributed by atoms with E-state index in [0.717, 1.165) is 5.75 Å². The third-order valence-electron chi connectivity index (χ3n) is 2.22. The summed E-state index contributed by atoms with van der Waals surface area (Å²) in [7, 11) is 0. The Morgan fingerprint density at radius 1 is 1.31 bits per heavy atom. The second kappa shape index (κ2) is 6.28. The molecule has 0 aliphatic carbocycles. The molecule has 16 heavy (non-hydrogen) atoms. The third-order valence-corrected chi connectivity index (χ3v) is 2.22. The lowest BCUT2D eigenvalue weighted by atomic mass is 10.1. The molecule has 0 saturated heterocycles. The molecule has 0 spiro atoms. The van der Waals surface area contributed by atoms with Crippen LogP contribution in [0.2, 0.25) is 0 Å².